The second kappa shape index (κ2) is 4.26. The van der Waals surface area contributed by atoms with Crippen LogP contribution in [-0.2, 0) is 14.8 Å². The zero-order chi connectivity index (χ0) is 11.7. The lowest BCUT2D eigenvalue weighted by molar-refractivity contribution is -0.242. The Bertz CT molecular complexity index is 314. The van der Waals surface area contributed by atoms with Crippen LogP contribution in [-0.4, -0.2) is 32.6 Å². The van der Waals surface area contributed by atoms with E-state index >= 15 is 0 Å². The summed E-state index contributed by atoms with van der Waals surface area (Å²) in [5, 5.41) is 4.73. The quantitative estimate of drug-likeness (QED) is 0.783. The van der Waals surface area contributed by atoms with Crippen LogP contribution in [0.15, 0.2) is 0 Å². The molecule has 15 heavy (non-hydrogen) atoms. The summed E-state index contributed by atoms with van der Waals surface area (Å²) in [5.41, 5.74) is 0. The van der Waals surface area contributed by atoms with Gasteiger partial charge in [0.05, 0.1) is 11.9 Å². The fourth-order valence-corrected chi connectivity index (χ4v) is 2.29. The Labute approximate surface area is 85.6 Å². The molecule has 1 saturated heterocycles. The van der Waals surface area contributed by atoms with Gasteiger partial charge in [-0.2, -0.15) is 13.2 Å². The normalized spacial score (nSPS) is 29.1. The molecule has 4 nitrogen and oxygen atoms in total. The highest BCUT2D eigenvalue weighted by Crippen LogP contribution is 2.32. The Kier molecular flexibility index (Phi) is 3.62. The Balaban J connectivity index is 2.57. The van der Waals surface area contributed by atoms with Crippen molar-refractivity contribution >= 4 is 10.0 Å². The molecular formula is C7H12F3NO3S. The highest BCUT2D eigenvalue weighted by molar-refractivity contribution is 7.89. The smallest absolute Gasteiger partial charge is 0.364 e. The van der Waals surface area contributed by atoms with Gasteiger partial charge in [0.1, 0.15) is 0 Å². The monoisotopic (exact) mass is 247 g/mol. The number of primary sulfonamides is 1. The standard InChI is InChI=1S/C7H12F3NO3S/c8-7(9,10)6-3-1-2-5(14-6)4-15(11,12)13/h5-6H,1-4H2,(H2,11,12,13). The van der Waals surface area contributed by atoms with E-state index in [0.717, 1.165) is 0 Å². The van der Waals surface area contributed by atoms with E-state index in [4.69, 9.17) is 5.14 Å². The molecule has 0 aromatic rings. The molecule has 2 N–H and O–H groups in total. The van der Waals surface area contributed by atoms with Gasteiger partial charge in [0.15, 0.2) is 6.10 Å². The van der Waals surface area contributed by atoms with Crippen molar-refractivity contribution in [3.05, 3.63) is 0 Å². The molecule has 0 spiro atoms. The van der Waals surface area contributed by atoms with Crippen LogP contribution in [0.2, 0.25) is 0 Å². The SMILES string of the molecule is NS(=O)(=O)CC1CCCC(C(F)(F)F)O1. The van der Waals surface area contributed by atoms with E-state index in [1.54, 1.807) is 0 Å². The summed E-state index contributed by atoms with van der Waals surface area (Å²) in [6.45, 7) is 0. The number of halogens is 3. The molecule has 2 atom stereocenters. The Hall–Kier alpha value is -0.340. The van der Waals surface area contributed by atoms with E-state index in [1.165, 1.54) is 0 Å². The molecule has 1 aliphatic heterocycles. The summed E-state index contributed by atoms with van der Waals surface area (Å²) in [6.07, 6.45) is -6.77. The second-order valence-electron chi connectivity index (χ2n) is 3.55. The van der Waals surface area contributed by atoms with E-state index in [9.17, 15) is 21.6 Å². The van der Waals surface area contributed by atoms with Gasteiger partial charge in [-0.05, 0) is 19.3 Å². The van der Waals surface area contributed by atoms with Gasteiger partial charge in [0.2, 0.25) is 10.0 Å². The first-order valence-corrected chi connectivity index (χ1v) is 6.12. The van der Waals surface area contributed by atoms with Crippen LogP contribution in [0.3, 0.4) is 0 Å². The summed E-state index contributed by atoms with van der Waals surface area (Å²) in [4.78, 5) is 0. The molecule has 0 saturated carbocycles. The third-order valence-corrected chi connectivity index (χ3v) is 2.97. The molecule has 1 fully saturated rings. The summed E-state index contributed by atoms with van der Waals surface area (Å²) < 4.78 is 62.7. The Morgan fingerprint density at radius 2 is 1.93 bits per heavy atom. The average Bonchev–Trinajstić information content (AvgIpc) is 1.99. The van der Waals surface area contributed by atoms with Gasteiger partial charge in [-0.1, -0.05) is 0 Å². The van der Waals surface area contributed by atoms with Crippen molar-refractivity contribution in [2.24, 2.45) is 5.14 Å². The van der Waals surface area contributed by atoms with E-state index in [0.29, 0.717) is 12.8 Å². The van der Waals surface area contributed by atoms with Crippen LogP contribution in [0.1, 0.15) is 19.3 Å². The second-order valence-corrected chi connectivity index (χ2v) is 5.21. The fourth-order valence-electron chi connectivity index (χ4n) is 1.52. The Morgan fingerprint density at radius 3 is 2.40 bits per heavy atom. The lowest BCUT2D eigenvalue weighted by Gasteiger charge is -2.30. The number of hydrogen-bond donors (Lipinski definition) is 1. The van der Waals surface area contributed by atoms with Crippen molar-refractivity contribution in [1.82, 2.24) is 0 Å². The van der Waals surface area contributed by atoms with Gasteiger partial charge >= 0.3 is 6.18 Å². The van der Waals surface area contributed by atoms with E-state index < -0.39 is 34.2 Å². The zero-order valence-corrected chi connectivity index (χ0v) is 8.64. The van der Waals surface area contributed by atoms with Gasteiger partial charge in [-0.25, -0.2) is 13.6 Å². The van der Waals surface area contributed by atoms with Gasteiger partial charge in [-0.3, -0.25) is 0 Å². The molecule has 1 rings (SSSR count). The number of rotatable bonds is 2. The molecule has 2 unspecified atom stereocenters. The van der Waals surface area contributed by atoms with Crippen molar-refractivity contribution in [2.75, 3.05) is 5.75 Å². The fraction of sp³-hybridized carbons (Fsp3) is 1.00. The van der Waals surface area contributed by atoms with Crippen LogP contribution >= 0.6 is 0 Å². The highest BCUT2D eigenvalue weighted by Gasteiger charge is 2.43. The third kappa shape index (κ3) is 4.35. The first-order valence-electron chi connectivity index (χ1n) is 4.41. The van der Waals surface area contributed by atoms with Crippen molar-refractivity contribution in [3.8, 4) is 0 Å². The minimum Gasteiger partial charge on any atom is -0.364 e. The predicted molar refractivity (Wildman–Crippen MR) is 46.5 cm³/mol. The summed E-state index contributed by atoms with van der Waals surface area (Å²) in [6, 6.07) is 0. The largest absolute Gasteiger partial charge is 0.414 e. The van der Waals surface area contributed by atoms with Gasteiger partial charge in [0, 0.05) is 0 Å². The van der Waals surface area contributed by atoms with Crippen molar-refractivity contribution in [2.45, 2.75) is 37.6 Å². The molecule has 0 bridgehead atoms. The summed E-state index contributed by atoms with van der Waals surface area (Å²) in [7, 11) is -3.79. The van der Waals surface area contributed by atoms with Crippen LogP contribution in [0, 0.1) is 0 Å². The van der Waals surface area contributed by atoms with Gasteiger partial charge < -0.3 is 4.74 Å². The lowest BCUT2D eigenvalue weighted by Crippen LogP contribution is -2.42. The van der Waals surface area contributed by atoms with E-state index in [-0.39, 0.29) is 6.42 Å². The average molecular weight is 247 g/mol. The molecular weight excluding hydrogens is 235 g/mol. The molecule has 90 valence electrons. The van der Waals surface area contributed by atoms with E-state index in [1.807, 2.05) is 0 Å². The van der Waals surface area contributed by atoms with Crippen LogP contribution in [0.4, 0.5) is 13.2 Å². The van der Waals surface area contributed by atoms with Crippen molar-refractivity contribution < 1.29 is 26.3 Å². The highest BCUT2D eigenvalue weighted by atomic mass is 32.2. The molecule has 0 amide bonds. The summed E-state index contributed by atoms with van der Waals surface area (Å²) >= 11 is 0. The molecule has 8 heteroatoms. The molecule has 0 radical (unpaired) electrons. The first-order chi connectivity index (χ1) is 6.68. The minimum absolute atomic E-state index is 0.120. The summed E-state index contributed by atoms with van der Waals surface area (Å²) in [5.74, 6) is -0.556. The van der Waals surface area contributed by atoms with Crippen molar-refractivity contribution in [1.29, 1.82) is 0 Å². The van der Waals surface area contributed by atoms with Gasteiger partial charge in [-0.15, -0.1) is 0 Å². The molecule has 0 aromatic heterocycles. The molecule has 0 aromatic carbocycles. The first kappa shape index (κ1) is 12.7. The number of nitrogens with two attached hydrogens (primary N) is 1. The topological polar surface area (TPSA) is 69.4 Å². The minimum atomic E-state index is -4.43. The number of alkyl halides is 3. The maximum atomic E-state index is 12.2. The maximum absolute atomic E-state index is 12.2. The van der Waals surface area contributed by atoms with Crippen molar-refractivity contribution in [3.63, 3.8) is 0 Å². The number of sulfonamides is 1. The maximum Gasteiger partial charge on any atom is 0.414 e. The molecule has 1 aliphatic rings. The zero-order valence-electron chi connectivity index (χ0n) is 7.83. The lowest BCUT2D eigenvalue weighted by atomic mass is 10.0. The van der Waals surface area contributed by atoms with Crippen LogP contribution < -0.4 is 5.14 Å². The predicted octanol–water partition coefficient (Wildman–Crippen LogP) is 0.775. The number of hydrogen-bond acceptors (Lipinski definition) is 3. The number of ether oxygens (including phenoxy) is 1. The van der Waals surface area contributed by atoms with Crippen LogP contribution in [0.5, 0.6) is 0 Å². The molecule has 1 heterocycles. The third-order valence-electron chi connectivity index (χ3n) is 2.13. The molecule has 0 aliphatic carbocycles. The van der Waals surface area contributed by atoms with Gasteiger partial charge in [0.25, 0.3) is 0 Å². The van der Waals surface area contributed by atoms with Crippen LogP contribution in [0.25, 0.3) is 0 Å². The Morgan fingerprint density at radius 1 is 1.33 bits per heavy atom. The van der Waals surface area contributed by atoms with E-state index in [2.05, 4.69) is 4.74 Å².